The molecule has 32 heavy (non-hydrogen) atoms. The highest BCUT2D eigenvalue weighted by Gasteiger charge is 2.40. The van der Waals surface area contributed by atoms with Crippen molar-refractivity contribution in [2.24, 2.45) is 0 Å². The number of amides is 2. The molecule has 176 valence electrons. The maximum atomic E-state index is 14.0. The molecule has 0 saturated heterocycles. The van der Waals surface area contributed by atoms with Crippen LogP contribution in [0.1, 0.15) is 35.3 Å². The number of rotatable bonds is 4. The molecule has 2 amide bonds. The van der Waals surface area contributed by atoms with Gasteiger partial charge >= 0.3 is 24.6 Å². The van der Waals surface area contributed by atoms with Crippen molar-refractivity contribution in [1.82, 2.24) is 15.6 Å². The van der Waals surface area contributed by atoms with Gasteiger partial charge in [0.1, 0.15) is 11.9 Å². The number of nitrogens with one attached hydrogen (secondary N) is 2. The molecule has 0 bridgehead atoms. The van der Waals surface area contributed by atoms with Crippen molar-refractivity contribution in [3.05, 3.63) is 64.7 Å². The molecule has 1 aromatic carbocycles. The Labute approximate surface area is 173 Å². The molecule has 1 unspecified atom stereocenters. The SMILES string of the molecule is C[C@@H](NC(=O)NC(c1ccc(C(F)(F)F)c(F)c1)c1ncccc1C(F)(F)F)C(F)(F)F. The van der Waals surface area contributed by atoms with E-state index in [1.165, 1.54) is 5.32 Å². The smallest absolute Gasteiger partial charge is 0.327 e. The van der Waals surface area contributed by atoms with E-state index in [-0.39, 0.29) is 12.1 Å². The van der Waals surface area contributed by atoms with Crippen molar-refractivity contribution in [2.75, 3.05) is 0 Å². The number of urea groups is 1. The first kappa shape index (κ1) is 25.2. The average Bonchev–Trinajstić information content (AvgIpc) is 2.63. The van der Waals surface area contributed by atoms with E-state index in [1.807, 2.05) is 0 Å². The van der Waals surface area contributed by atoms with Crippen LogP contribution in [-0.4, -0.2) is 23.2 Å². The molecule has 0 aliphatic heterocycles. The van der Waals surface area contributed by atoms with Crippen molar-refractivity contribution in [1.29, 1.82) is 0 Å². The second kappa shape index (κ2) is 8.82. The minimum atomic E-state index is -5.12. The van der Waals surface area contributed by atoms with E-state index < -0.39 is 64.8 Å². The number of alkyl halides is 9. The molecule has 0 aliphatic rings. The van der Waals surface area contributed by atoms with E-state index in [0.29, 0.717) is 19.1 Å². The zero-order valence-electron chi connectivity index (χ0n) is 15.8. The molecule has 2 rings (SSSR count). The van der Waals surface area contributed by atoms with Gasteiger partial charge in [0, 0.05) is 6.20 Å². The highest BCUT2D eigenvalue weighted by atomic mass is 19.4. The van der Waals surface area contributed by atoms with Crippen molar-refractivity contribution < 1.29 is 48.7 Å². The van der Waals surface area contributed by atoms with Crippen LogP contribution >= 0.6 is 0 Å². The Balaban J connectivity index is 2.55. The highest BCUT2D eigenvalue weighted by molar-refractivity contribution is 5.75. The van der Waals surface area contributed by atoms with Gasteiger partial charge in [-0.2, -0.15) is 39.5 Å². The van der Waals surface area contributed by atoms with Gasteiger partial charge in [0.2, 0.25) is 0 Å². The summed E-state index contributed by atoms with van der Waals surface area (Å²) < 4.78 is 131. The van der Waals surface area contributed by atoms with Crippen molar-refractivity contribution in [3.63, 3.8) is 0 Å². The van der Waals surface area contributed by atoms with Gasteiger partial charge in [0.25, 0.3) is 0 Å². The number of carbonyl (C=O) groups is 1. The van der Waals surface area contributed by atoms with Crippen LogP contribution in [0.2, 0.25) is 0 Å². The molecule has 14 heteroatoms. The maximum absolute atomic E-state index is 14.0. The average molecular weight is 477 g/mol. The lowest BCUT2D eigenvalue weighted by Gasteiger charge is -2.24. The number of aromatic nitrogens is 1. The Bertz CT molecular complexity index is 969. The predicted octanol–water partition coefficient (Wildman–Crippen LogP) is 5.60. The van der Waals surface area contributed by atoms with E-state index in [0.717, 1.165) is 12.3 Å². The van der Waals surface area contributed by atoms with Crippen LogP contribution in [-0.2, 0) is 12.4 Å². The summed E-state index contributed by atoms with van der Waals surface area (Å²) in [6.45, 7) is 0.550. The molecular formula is C18H13F10N3O. The summed E-state index contributed by atoms with van der Waals surface area (Å²) in [5.74, 6) is -1.87. The summed E-state index contributed by atoms with van der Waals surface area (Å²) in [5.41, 5.74) is -4.75. The van der Waals surface area contributed by atoms with Crippen LogP contribution in [0.25, 0.3) is 0 Å². The third kappa shape index (κ3) is 6.01. The lowest BCUT2D eigenvalue weighted by atomic mass is 9.97. The molecular weight excluding hydrogens is 464 g/mol. The molecule has 2 N–H and O–H groups in total. The molecule has 4 nitrogen and oxygen atoms in total. The van der Waals surface area contributed by atoms with Gasteiger partial charge in [-0.05, 0) is 36.8 Å². The zero-order chi connectivity index (χ0) is 24.5. The zero-order valence-corrected chi connectivity index (χ0v) is 15.8. The minimum Gasteiger partial charge on any atom is -0.327 e. The molecule has 2 atom stereocenters. The van der Waals surface area contributed by atoms with Crippen molar-refractivity contribution in [3.8, 4) is 0 Å². The van der Waals surface area contributed by atoms with Crippen LogP contribution in [0.3, 0.4) is 0 Å². The minimum absolute atomic E-state index is 0.218. The number of carbonyl (C=O) groups excluding carboxylic acids is 1. The summed E-state index contributed by atoms with van der Waals surface area (Å²) >= 11 is 0. The number of benzene rings is 1. The Morgan fingerprint density at radius 2 is 1.50 bits per heavy atom. The van der Waals surface area contributed by atoms with Gasteiger partial charge in [-0.25, -0.2) is 9.18 Å². The Hall–Kier alpha value is -3.06. The summed E-state index contributed by atoms with van der Waals surface area (Å²) in [6.07, 6.45) is -14.2. The molecule has 1 aromatic heterocycles. The molecule has 2 aromatic rings. The van der Waals surface area contributed by atoms with Gasteiger partial charge in [-0.3, -0.25) is 4.98 Å². The summed E-state index contributed by atoms with van der Waals surface area (Å²) in [5, 5.41) is 3.23. The van der Waals surface area contributed by atoms with Crippen LogP contribution in [0.4, 0.5) is 48.7 Å². The molecule has 0 radical (unpaired) electrons. The molecule has 1 heterocycles. The van der Waals surface area contributed by atoms with Crippen LogP contribution in [0.15, 0.2) is 36.5 Å². The molecule has 0 spiro atoms. The summed E-state index contributed by atoms with van der Waals surface area (Å²) in [6, 6.07) is -3.63. The van der Waals surface area contributed by atoms with Crippen LogP contribution < -0.4 is 10.6 Å². The number of hydrogen-bond donors (Lipinski definition) is 2. The van der Waals surface area contributed by atoms with Gasteiger partial charge in [-0.15, -0.1) is 0 Å². The fourth-order valence-electron chi connectivity index (χ4n) is 2.59. The summed E-state index contributed by atoms with van der Waals surface area (Å²) in [7, 11) is 0. The quantitative estimate of drug-likeness (QED) is 0.564. The van der Waals surface area contributed by atoms with E-state index in [1.54, 1.807) is 5.32 Å². The third-order valence-electron chi connectivity index (χ3n) is 4.16. The van der Waals surface area contributed by atoms with Crippen molar-refractivity contribution in [2.45, 2.75) is 37.5 Å². The third-order valence-corrected chi connectivity index (χ3v) is 4.16. The lowest BCUT2D eigenvalue weighted by molar-refractivity contribution is -0.148. The molecule has 0 fully saturated rings. The van der Waals surface area contributed by atoms with Crippen LogP contribution in [0.5, 0.6) is 0 Å². The fourth-order valence-corrected chi connectivity index (χ4v) is 2.59. The van der Waals surface area contributed by atoms with Crippen molar-refractivity contribution >= 4 is 6.03 Å². The van der Waals surface area contributed by atoms with Gasteiger partial charge in [-0.1, -0.05) is 6.07 Å². The number of pyridine rings is 1. The first-order valence-corrected chi connectivity index (χ1v) is 8.54. The van der Waals surface area contributed by atoms with E-state index in [2.05, 4.69) is 4.98 Å². The van der Waals surface area contributed by atoms with E-state index in [4.69, 9.17) is 0 Å². The topological polar surface area (TPSA) is 54.0 Å². The largest absolute Gasteiger partial charge is 0.419 e. The molecule has 0 saturated carbocycles. The maximum Gasteiger partial charge on any atom is 0.419 e. The highest BCUT2D eigenvalue weighted by Crippen LogP contribution is 2.37. The number of hydrogen-bond acceptors (Lipinski definition) is 2. The first-order chi connectivity index (χ1) is 14.5. The monoisotopic (exact) mass is 477 g/mol. The summed E-state index contributed by atoms with van der Waals surface area (Å²) in [4.78, 5) is 15.5. The Kier molecular flexibility index (Phi) is 6.95. The molecule has 0 aliphatic carbocycles. The Morgan fingerprint density at radius 3 is 2.00 bits per heavy atom. The van der Waals surface area contributed by atoms with E-state index >= 15 is 0 Å². The van der Waals surface area contributed by atoms with Crippen LogP contribution in [0, 0.1) is 5.82 Å². The second-order valence-corrected chi connectivity index (χ2v) is 6.49. The van der Waals surface area contributed by atoms with Gasteiger partial charge in [0.15, 0.2) is 0 Å². The number of nitrogens with zero attached hydrogens (tertiary/aromatic N) is 1. The lowest BCUT2D eigenvalue weighted by Crippen LogP contribution is -2.48. The number of halogens is 10. The van der Waals surface area contributed by atoms with Gasteiger partial charge in [0.05, 0.1) is 22.9 Å². The van der Waals surface area contributed by atoms with Gasteiger partial charge < -0.3 is 10.6 Å². The first-order valence-electron chi connectivity index (χ1n) is 8.54. The standard InChI is InChI=1S/C18H13F10N3O/c1-8(16(20,21)22)30-15(32)31-13(14-11(18(26,27)28)3-2-6-29-14)9-4-5-10(12(19)7-9)17(23,24)25/h2-8,13H,1H3,(H2,30,31,32)/t8-,13?/m1/s1. The predicted molar refractivity (Wildman–Crippen MR) is 89.7 cm³/mol. The fraction of sp³-hybridized carbons (Fsp3) is 0.333. The second-order valence-electron chi connectivity index (χ2n) is 6.49. The normalized spacial score (nSPS) is 14.6. The van der Waals surface area contributed by atoms with E-state index in [9.17, 15) is 48.7 Å². The Morgan fingerprint density at radius 1 is 0.906 bits per heavy atom.